The van der Waals surface area contributed by atoms with E-state index in [0.29, 0.717) is 5.92 Å². The first kappa shape index (κ1) is 14.2. The molecule has 23 heavy (non-hydrogen) atoms. The lowest BCUT2D eigenvalue weighted by molar-refractivity contribution is 0.103. The van der Waals surface area contributed by atoms with E-state index in [-0.39, 0.29) is 5.91 Å². The van der Waals surface area contributed by atoms with Crippen molar-refractivity contribution in [3.63, 3.8) is 0 Å². The standard InChI is InChI=1S/C18H16N2O2S/c1-11-8-9-23-16(11)17(21)20-14-6-4-12(5-7-14)15-10-19-18(22-15)13-2-3-13/h4-10,13H,2-3H2,1H3,(H,20,21). The van der Waals surface area contributed by atoms with Crippen molar-refractivity contribution < 1.29 is 9.21 Å². The lowest BCUT2D eigenvalue weighted by Gasteiger charge is -2.05. The minimum Gasteiger partial charge on any atom is -0.440 e. The highest BCUT2D eigenvalue weighted by atomic mass is 32.1. The Morgan fingerprint density at radius 3 is 2.70 bits per heavy atom. The molecule has 5 heteroatoms. The van der Waals surface area contributed by atoms with Crippen LogP contribution in [0.4, 0.5) is 5.69 Å². The van der Waals surface area contributed by atoms with E-state index in [2.05, 4.69) is 10.3 Å². The Hall–Kier alpha value is -2.40. The molecule has 2 heterocycles. The quantitative estimate of drug-likeness (QED) is 0.747. The number of anilines is 1. The van der Waals surface area contributed by atoms with Gasteiger partial charge in [-0.2, -0.15) is 0 Å². The van der Waals surface area contributed by atoms with Crippen molar-refractivity contribution in [1.29, 1.82) is 0 Å². The lowest BCUT2D eigenvalue weighted by Crippen LogP contribution is -2.11. The minimum absolute atomic E-state index is 0.0686. The number of hydrogen-bond acceptors (Lipinski definition) is 4. The van der Waals surface area contributed by atoms with Crippen LogP contribution in [-0.2, 0) is 0 Å². The first-order valence-electron chi connectivity index (χ1n) is 7.62. The molecule has 1 N–H and O–H groups in total. The van der Waals surface area contributed by atoms with E-state index in [4.69, 9.17) is 4.42 Å². The molecule has 4 nitrogen and oxygen atoms in total. The Balaban J connectivity index is 1.49. The fourth-order valence-electron chi connectivity index (χ4n) is 2.45. The maximum atomic E-state index is 12.2. The van der Waals surface area contributed by atoms with Crippen molar-refractivity contribution in [3.8, 4) is 11.3 Å². The predicted molar refractivity (Wildman–Crippen MR) is 90.9 cm³/mol. The molecule has 3 aromatic rings. The van der Waals surface area contributed by atoms with E-state index < -0.39 is 0 Å². The van der Waals surface area contributed by atoms with Gasteiger partial charge in [-0.25, -0.2) is 4.98 Å². The van der Waals surface area contributed by atoms with Gasteiger partial charge in [-0.3, -0.25) is 4.79 Å². The third-order valence-electron chi connectivity index (χ3n) is 3.95. The van der Waals surface area contributed by atoms with Gasteiger partial charge in [0, 0.05) is 17.2 Å². The Labute approximate surface area is 138 Å². The van der Waals surface area contributed by atoms with Gasteiger partial charge in [0.25, 0.3) is 5.91 Å². The molecule has 1 aliphatic carbocycles. The molecule has 0 atom stereocenters. The highest BCUT2D eigenvalue weighted by molar-refractivity contribution is 7.12. The summed E-state index contributed by atoms with van der Waals surface area (Å²) in [6.45, 7) is 1.94. The van der Waals surface area contributed by atoms with Crippen LogP contribution in [0.5, 0.6) is 0 Å². The van der Waals surface area contributed by atoms with E-state index in [9.17, 15) is 4.79 Å². The van der Waals surface area contributed by atoms with E-state index in [1.54, 1.807) is 6.20 Å². The van der Waals surface area contributed by atoms with Crippen LogP contribution >= 0.6 is 11.3 Å². The van der Waals surface area contributed by atoms with Gasteiger partial charge in [-0.15, -0.1) is 11.3 Å². The molecule has 1 aromatic carbocycles. The molecule has 116 valence electrons. The van der Waals surface area contributed by atoms with Crippen molar-refractivity contribution >= 4 is 22.9 Å². The fourth-order valence-corrected chi connectivity index (χ4v) is 3.27. The highest BCUT2D eigenvalue weighted by Crippen LogP contribution is 2.40. The number of aryl methyl sites for hydroxylation is 1. The number of amides is 1. The maximum Gasteiger partial charge on any atom is 0.265 e. The van der Waals surface area contributed by atoms with Gasteiger partial charge < -0.3 is 9.73 Å². The topological polar surface area (TPSA) is 55.1 Å². The number of hydrogen-bond donors (Lipinski definition) is 1. The molecule has 0 bridgehead atoms. The van der Waals surface area contributed by atoms with Crippen molar-refractivity contribution in [2.45, 2.75) is 25.7 Å². The summed E-state index contributed by atoms with van der Waals surface area (Å²) in [7, 11) is 0. The highest BCUT2D eigenvalue weighted by Gasteiger charge is 2.28. The number of rotatable bonds is 4. The third kappa shape index (κ3) is 2.92. The van der Waals surface area contributed by atoms with E-state index in [1.807, 2.05) is 42.6 Å². The summed E-state index contributed by atoms with van der Waals surface area (Å²) in [5.41, 5.74) is 2.74. The zero-order chi connectivity index (χ0) is 15.8. The Bertz CT molecular complexity index is 844. The molecule has 0 radical (unpaired) electrons. The summed E-state index contributed by atoms with van der Waals surface area (Å²) in [6, 6.07) is 9.59. The zero-order valence-corrected chi connectivity index (χ0v) is 13.5. The summed E-state index contributed by atoms with van der Waals surface area (Å²) < 4.78 is 5.79. The van der Waals surface area contributed by atoms with Gasteiger partial charge in [-0.1, -0.05) is 0 Å². The first-order chi connectivity index (χ1) is 11.2. The predicted octanol–water partition coefficient (Wildman–Crippen LogP) is 4.84. The van der Waals surface area contributed by atoms with Gasteiger partial charge >= 0.3 is 0 Å². The van der Waals surface area contributed by atoms with Crippen molar-refractivity contribution in [2.24, 2.45) is 0 Å². The van der Waals surface area contributed by atoms with Crippen LogP contribution in [0.25, 0.3) is 11.3 Å². The maximum absolute atomic E-state index is 12.2. The second-order valence-electron chi connectivity index (χ2n) is 5.80. The Morgan fingerprint density at radius 2 is 2.04 bits per heavy atom. The van der Waals surface area contributed by atoms with Crippen LogP contribution in [0.1, 0.15) is 39.9 Å². The molecular weight excluding hydrogens is 308 g/mol. The largest absolute Gasteiger partial charge is 0.440 e. The molecule has 1 aliphatic rings. The van der Waals surface area contributed by atoms with Gasteiger partial charge in [0.05, 0.1) is 11.1 Å². The third-order valence-corrected chi connectivity index (χ3v) is 4.96. The molecule has 1 amide bonds. The average Bonchev–Trinajstić information content (AvgIpc) is 3.12. The summed E-state index contributed by atoms with van der Waals surface area (Å²) in [6.07, 6.45) is 4.12. The molecule has 4 rings (SSSR count). The molecule has 0 aliphatic heterocycles. The molecule has 2 aromatic heterocycles. The molecule has 1 saturated carbocycles. The van der Waals surface area contributed by atoms with Crippen molar-refractivity contribution in [2.75, 3.05) is 5.32 Å². The smallest absolute Gasteiger partial charge is 0.265 e. The summed E-state index contributed by atoms with van der Waals surface area (Å²) in [5, 5.41) is 4.85. The Morgan fingerprint density at radius 1 is 1.26 bits per heavy atom. The van der Waals surface area contributed by atoms with E-state index in [0.717, 1.165) is 33.3 Å². The average molecular weight is 324 g/mol. The normalized spacial score (nSPS) is 14.0. The van der Waals surface area contributed by atoms with Crippen molar-refractivity contribution in [3.05, 3.63) is 58.2 Å². The number of thiophene rings is 1. The SMILES string of the molecule is Cc1ccsc1C(=O)Nc1ccc(-c2cnc(C3CC3)o2)cc1. The number of carbonyl (C=O) groups is 1. The van der Waals surface area contributed by atoms with Crippen LogP contribution in [0, 0.1) is 6.92 Å². The van der Waals surface area contributed by atoms with Crippen LogP contribution < -0.4 is 5.32 Å². The number of nitrogens with one attached hydrogen (secondary N) is 1. The number of benzene rings is 1. The van der Waals surface area contributed by atoms with Gasteiger partial charge in [-0.05, 0) is 61.0 Å². The second kappa shape index (κ2) is 5.66. The molecule has 0 unspecified atom stereocenters. The van der Waals surface area contributed by atoms with E-state index >= 15 is 0 Å². The zero-order valence-electron chi connectivity index (χ0n) is 12.7. The first-order valence-corrected chi connectivity index (χ1v) is 8.50. The molecule has 1 fully saturated rings. The molecule has 0 saturated heterocycles. The number of carbonyl (C=O) groups excluding carboxylic acids is 1. The summed E-state index contributed by atoms with van der Waals surface area (Å²) >= 11 is 1.45. The summed E-state index contributed by atoms with van der Waals surface area (Å²) in [5.74, 6) is 2.06. The van der Waals surface area contributed by atoms with Crippen LogP contribution in [0.3, 0.4) is 0 Å². The van der Waals surface area contributed by atoms with Crippen LogP contribution in [-0.4, -0.2) is 10.9 Å². The van der Waals surface area contributed by atoms with Crippen molar-refractivity contribution in [1.82, 2.24) is 4.98 Å². The van der Waals surface area contributed by atoms with Gasteiger partial charge in [0.2, 0.25) is 0 Å². The molecular formula is C18H16N2O2S. The van der Waals surface area contributed by atoms with Gasteiger partial charge in [0.15, 0.2) is 11.7 Å². The van der Waals surface area contributed by atoms with Gasteiger partial charge in [0.1, 0.15) is 0 Å². The van der Waals surface area contributed by atoms with Crippen LogP contribution in [0.2, 0.25) is 0 Å². The number of nitrogens with zero attached hydrogens (tertiary/aromatic N) is 1. The number of aromatic nitrogens is 1. The minimum atomic E-state index is -0.0686. The Kier molecular flexibility index (Phi) is 3.50. The van der Waals surface area contributed by atoms with Crippen LogP contribution in [0.15, 0.2) is 46.3 Å². The van der Waals surface area contributed by atoms with E-state index in [1.165, 1.54) is 24.2 Å². The monoisotopic (exact) mass is 324 g/mol. The number of oxazole rings is 1. The second-order valence-corrected chi connectivity index (χ2v) is 6.72. The molecule has 0 spiro atoms. The fraction of sp³-hybridized carbons (Fsp3) is 0.222. The lowest BCUT2D eigenvalue weighted by atomic mass is 10.1. The summed E-state index contributed by atoms with van der Waals surface area (Å²) in [4.78, 5) is 17.3.